The number of para-hydroxylation sites is 1. The third-order valence-corrected chi connectivity index (χ3v) is 2.10. The molecule has 98 valence electrons. The molecular formula is C14H13NO4. The van der Waals surface area contributed by atoms with E-state index in [0.717, 1.165) is 5.75 Å². The molecule has 19 heavy (non-hydrogen) atoms. The Morgan fingerprint density at radius 2 is 1.63 bits per heavy atom. The number of primary amides is 1. The molecule has 2 rings (SSSR count). The van der Waals surface area contributed by atoms with Gasteiger partial charge < -0.3 is 15.6 Å². The van der Waals surface area contributed by atoms with Crippen LogP contribution in [0.5, 0.6) is 11.5 Å². The van der Waals surface area contributed by atoms with Gasteiger partial charge in [-0.2, -0.15) is 0 Å². The minimum Gasteiger partial charge on any atom is -0.483 e. The maximum atomic E-state index is 11.0. The van der Waals surface area contributed by atoms with Gasteiger partial charge >= 0.3 is 0 Å². The van der Waals surface area contributed by atoms with E-state index in [2.05, 4.69) is 0 Å². The van der Waals surface area contributed by atoms with Gasteiger partial charge in [-0.15, -0.1) is 0 Å². The van der Waals surface area contributed by atoms with Gasteiger partial charge in [0, 0.05) is 5.56 Å². The van der Waals surface area contributed by atoms with E-state index >= 15 is 0 Å². The van der Waals surface area contributed by atoms with Gasteiger partial charge in [0.25, 0.3) is 6.47 Å². The zero-order valence-electron chi connectivity index (χ0n) is 10.0. The Morgan fingerprint density at radius 1 is 1.05 bits per heavy atom. The zero-order valence-corrected chi connectivity index (χ0v) is 10.0. The lowest BCUT2D eigenvalue weighted by atomic mass is 10.2. The predicted octanol–water partition coefficient (Wildman–Crippen LogP) is 2.28. The molecular weight excluding hydrogens is 246 g/mol. The number of rotatable bonds is 3. The highest BCUT2D eigenvalue weighted by Gasteiger charge is 2.02. The Labute approximate surface area is 110 Å². The zero-order chi connectivity index (χ0) is 14.1. The van der Waals surface area contributed by atoms with E-state index in [1.54, 1.807) is 24.3 Å². The van der Waals surface area contributed by atoms with Crippen molar-refractivity contribution in [1.29, 1.82) is 0 Å². The van der Waals surface area contributed by atoms with Crippen molar-refractivity contribution in [3.63, 3.8) is 0 Å². The van der Waals surface area contributed by atoms with Gasteiger partial charge in [0.1, 0.15) is 11.5 Å². The fraction of sp³-hybridized carbons (Fsp3) is 0. The van der Waals surface area contributed by atoms with Crippen molar-refractivity contribution < 1.29 is 19.4 Å². The van der Waals surface area contributed by atoms with Gasteiger partial charge in [-0.05, 0) is 30.3 Å². The molecule has 0 radical (unpaired) electrons. The number of carbonyl (C=O) groups excluding carboxylic acids is 1. The minimum absolute atomic E-state index is 0.250. The lowest BCUT2D eigenvalue weighted by Gasteiger charge is -2.05. The molecule has 0 fully saturated rings. The van der Waals surface area contributed by atoms with Crippen molar-refractivity contribution in [2.75, 3.05) is 0 Å². The van der Waals surface area contributed by atoms with Crippen LogP contribution in [-0.4, -0.2) is 17.5 Å². The first-order valence-corrected chi connectivity index (χ1v) is 5.38. The number of amides is 1. The largest absolute Gasteiger partial charge is 0.483 e. The number of hydrogen-bond donors (Lipinski definition) is 2. The second-order valence-corrected chi connectivity index (χ2v) is 3.41. The fourth-order valence-corrected chi connectivity index (χ4v) is 1.34. The first kappa shape index (κ1) is 14.2. The van der Waals surface area contributed by atoms with E-state index in [9.17, 15) is 4.79 Å². The molecule has 0 saturated heterocycles. The van der Waals surface area contributed by atoms with Gasteiger partial charge in [-0.25, -0.2) is 0 Å². The molecule has 5 heteroatoms. The van der Waals surface area contributed by atoms with Crippen molar-refractivity contribution in [2.24, 2.45) is 5.73 Å². The molecule has 2 aromatic carbocycles. The number of carboxylic acid groups (broad SMARTS) is 1. The summed E-state index contributed by atoms with van der Waals surface area (Å²) in [5, 5.41) is 6.89. The molecule has 0 aliphatic carbocycles. The SMILES string of the molecule is NC(=O)c1cccc(Oc2ccccc2)c1.O=CO. The summed E-state index contributed by atoms with van der Waals surface area (Å²) in [6.07, 6.45) is 0. The Bertz CT molecular complexity index is 540. The molecule has 0 aliphatic heterocycles. The van der Waals surface area contributed by atoms with Crippen LogP contribution < -0.4 is 10.5 Å². The van der Waals surface area contributed by atoms with Gasteiger partial charge in [0.2, 0.25) is 5.91 Å². The normalized spacial score (nSPS) is 8.84. The molecule has 0 heterocycles. The van der Waals surface area contributed by atoms with Crippen molar-refractivity contribution in [3.8, 4) is 11.5 Å². The van der Waals surface area contributed by atoms with Crippen LogP contribution >= 0.6 is 0 Å². The van der Waals surface area contributed by atoms with Gasteiger partial charge in [0.05, 0.1) is 0 Å². The molecule has 0 bridgehead atoms. The summed E-state index contributed by atoms with van der Waals surface area (Å²) in [5.41, 5.74) is 5.62. The number of hydrogen-bond acceptors (Lipinski definition) is 3. The Hall–Kier alpha value is -2.82. The smallest absolute Gasteiger partial charge is 0.290 e. The number of ether oxygens (including phenoxy) is 1. The van der Waals surface area contributed by atoms with Crippen LogP contribution in [-0.2, 0) is 4.79 Å². The van der Waals surface area contributed by atoms with Gasteiger partial charge in [0.15, 0.2) is 0 Å². The third-order valence-electron chi connectivity index (χ3n) is 2.10. The van der Waals surface area contributed by atoms with E-state index in [4.69, 9.17) is 20.4 Å². The Balaban J connectivity index is 0.000000550. The molecule has 0 aromatic heterocycles. The minimum atomic E-state index is -0.460. The van der Waals surface area contributed by atoms with Gasteiger partial charge in [-0.3, -0.25) is 9.59 Å². The summed E-state index contributed by atoms with van der Waals surface area (Å²) in [7, 11) is 0. The van der Waals surface area contributed by atoms with Gasteiger partial charge in [-0.1, -0.05) is 24.3 Å². The molecule has 0 spiro atoms. The lowest BCUT2D eigenvalue weighted by Crippen LogP contribution is -2.10. The number of carbonyl (C=O) groups is 2. The average molecular weight is 259 g/mol. The topological polar surface area (TPSA) is 89.6 Å². The molecule has 0 saturated carbocycles. The monoisotopic (exact) mass is 259 g/mol. The van der Waals surface area contributed by atoms with Crippen LogP contribution in [0, 0.1) is 0 Å². The van der Waals surface area contributed by atoms with Crippen LogP contribution in [0.1, 0.15) is 10.4 Å². The highest BCUT2D eigenvalue weighted by molar-refractivity contribution is 5.93. The summed E-state index contributed by atoms with van der Waals surface area (Å²) in [6, 6.07) is 16.1. The molecule has 1 amide bonds. The summed E-state index contributed by atoms with van der Waals surface area (Å²) >= 11 is 0. The summed E-state index contributed by atoms with van der Waals surface area (Å²) in [5.74, 6) is 0.866. The van der Waals surface area contributed by atoms with Crippen LogP contribution in [0.25, 0.3) is 0 Å². The molecule has 0 aliphatic rings. The standard InChI is InChI=1S/C13H11NO2.CH2O2/c14-13(15)10-5-4-8-12(9-10)16-11-6-2-1-3-7-11;2-1-3/h1-9H,(H2,14,15);1H,(H,2,3). The molecule has 0 atom stereocenters. The summed E-state index contributed by atoms with van der Waals surface area (Å²) in [6.45, 7) is -0.250. The number of benzene rings is 2. The number of nitrogens with two attached hydrogens (primary N) is 1. The Kier molecular flexibility index (Phi) is 5.62. The van der Waals surface area contributed by atoms with E-state index in [1.807, 2.05) is 30.3 Å². The maximum Gasteiger partial charge on any atom is 0.290 e. The second-order valence-electron chi connectivity index (χ2n) is 3.41. The summed E-state index contributed by atoms with van der Waals surface area (Å²) < 4.78 is 5.56. The lowest BCUT2D eigenvalue weighted by molar-refractivity contribution is -0.122. The van der Waals surface area contributed by atoms with Crippen molar-refractivity contribution >= 4 is 12.4 Å². The first-order valence-electron chi connectivity index (χ1n) is 5.38. The maximum absolute atomic E-state index is 11.0. The van der Waals surface area contributed by atoms with Crippen LogP contribution in [0.3, 0.4) is 0 Å². The van der Waals surface area contributed by atoms with Crippen molar-refractivity contribution in [2.45, 2.75) is 0 Å². The molecule has 5 nitrogen and oxygen atoms in total. The van der Waals surface area contributed by atoms with Crippen molar-refractivity contribution in [1.82, 2.24) is 0 Å². The van der Waals surface area contributed by atoms with E-state index in [0.29, 0.717) is 11.3 Å². The average Bonchev–Trinajstić information content (AvgIpc) is 2.41. The first-order chi connectivity index (χ1) is 9.17. The quantitative estimate of drug-likeness (QED) is 0.827. The molecule has 2 aromatic rings. The van der Waals surface area contributed by atoms with E-state index in [-0.39, 0.29) is 6.47 Å². The fourth-order valence-electron chi connectivity index (χ4n) is 1.34. The van der Waals surface area contributed by atoms with Crippen LogP contribution in [0.2, 0.25) is 0 Å². The highest BCUT2D eigenvalue weighted by Crippen LogP contribution is 2.21. The van der Waals surface area contributed by atoms with Crippen molar-refractivity contribution in [3.05, 3.63) is 60.2 Å². The van der Waals surface area contributed by atoms with E-state index < -0.39 is 5.91 Å². The second kappa shape index (κ2) is 7.50. The Morgan fingerprint density at radius 3 is 2.21 bits per heavy atom. The van der Waals surface area contributed by atoms with Crippen LogP contribution in [0.4, 0.5) is 0 Å². The predicted molar refractivity (Wildman–Crippen MR) is 70.2 cm³/mol. The van der Waals surface area contributed by atoms with E-state index in [1.165, 1.54) is 0 Å². The highest BCUT2D eigenvalue weighted by atomic mass is 16.5. The third kappa shape index (κ3) is 4.91. The molecule has 0 unspecified atom stereocenters. The summed E-state index contributed by atoms with van der Waals surface area (Å²) in [4.78, 5) is 19.3. The molecule has 3 N–H and O–H groups in total. The van der Waals surface area contributed by atoms with Crippen LogP contribution in [0.15, 0.2) is 54.6 Å².